The number of nitrogens with one attached hydrogen (secondary N) is 1. The van der Waals surface area contributed by atoms with Crippen LogP contribution in [0.25, 0.3) is 0 Å². The highest BCUT2D eigenvalue weighted by atomic mass is 32.2. The van der Waals surface area contributed by atoms with E-state index in [9.17, 15) is 4.79 Å². The SMILES string of the molecule is CCSc1nnc(NC(=O)CC[C@H]2CCCO2)s1. The first-order valence-electron chi connectivity index (χ1n) is 6.15. The van der Waals surface area contributed by atoms with Gasteiger partial charge in [-0.15, -0.1) is 10.2 Å². The Hall–Kier alpha value is -0.660. The number of anilines is 1. The van der Waals surface area contributed by atoms with Crippen molar-refractivity contribution >= 4 is 34.1 Å². The molecule has 0 unspecified atom stereocenters. The van der Waals surface area contributed by atoms with Crippen molar-refractivity contribution in [1.82, 2.24) is 10.2 Å². The van der Waals surface area contributed by atoms with Gasteiger partial charge in [0.15, 0.2) is 4.34 Å². The lowest BCUT2D eigenvalue weighted by atomic mass is 10.1. The topological polar surface area (TPSA) is 64.1 Å². The van der Waals surface area contributed by atoms with Crippen molar-refractivity contribution in [1.29, 1.82) is 0 Å². The van der Waals surface area contributed by atoms with Gasteiger partial charge in [-0.1, -0.05) is 30.0 Å². The summed E-state index contributed by atoms with van der Waals surface area (Å²) in [4.78, 5) is 11.7. The van der Waals surface area contributed by atoms with Gasteiger partial charge in [0, 0.05) is 13.0 Å². The summed E-state index contributed by atoms with van der Waals surface area (Å²) >= 11 is 3.05. The van der Waals surface area contributed by atoms with Crippen LogP contribution in [0.2, 0.25) is 0 Å². The van der Waals surface area contributed by atoms with Crippen LogP contribution >= 0.6 is 23.1 Å². The highest BCUT2D eigenvalue weighted by Gasteiger charge is 2.17. The molecule has 0 aromatic carbocycles. The molecule has 2 heterocycles. The Kier molecular flexibility index (Phi) is 5.40. The van der Waals surface area contributed by atoms with E-state index in [1.54, 1.807) is 11.8 Å². The first-order valence-corrected chi connectivity index (χ1v) is 7.96. The van der Waals surface area contributed by atoms with Gasteiger partial charge in [0.05, 0.1) is 6.10 Å². The van der Waals surface area contributed by atoms with Gasteiger partial charge in [0.25, 0.3) is 0 Å². The summed E-state index contributed by atoms with van der Waals surface area (Å²) in [5.74, 6) is 0.955. The van der Waals surface area contributed by atoms with E-state index in [1.165, 1.54) is 11.3 Å². The van der Waals surface area contributed by atoms with Crippen molar-refractivity contribution in [3.8, 4) is 0 Å². The molecule has 1 aromatic rings. The van der Waals surface area contributed by atoms with E-state index in [-0.39, 0.29) is 12.0 Å². The van der Waals surface area contributed by atoms with Crippen LogP contribution in [0, 0.1) is 0 Å². The molecule has 7 heteroatoms. The molecule has 0 bridgehead atoms. The second-order valence-electron chi connectivity index (χ2n) is 4.03. The van der Waals surface area contributed by atoms with Gasteiger partial charge in [-0.2, -0.15) is 0 Å². The van der Waals surface area contributed by atoms with Crippen molar-refractivity contribution in [3.05, 3.63) is 0 Å². The molecule has 2 rings (SSSR count). The predicted octanol–water partition coefficient (Wildman–Crippen LogP) is 2.55. The molecule has 1 aromatic heterocycles. The van der Waals surface area contributed by atoms with Crippen molar-refractivity contribution in [2.45, 2.75) is 43.1 Å². The summed E-state index contributed by atoms with van der Waals surface area (Å²) in [6.07, 6.45) is 3.72. The Balaban J connectivity index is 1.72. The Labute approximate surface area is 115 Å². The van der Waals surface area contributed by atoms with Gasteiger partial charge in [-0.05, 0) is 25.0 Å². The molecular formula is C11H17N3O2S2. The van der Waals surface area contributed by atoms with Crippen LogP contribution in [0.5, 0.6) is 0 Å². The molecule has 100 valence electrons. The lowest BCUT2D eigenvalue weighted by Gasteiger charge is -2.07. The van der Waals surface area contributed by atoms with Crippen LogP contribution in [-0.2, 0) is 9.53 Å². The smallest absolute Gasteiger partial charge is 0.226 e. The first-order chi connectivity index (χ1) is 8.78. The molecule has 1 saturated heterocycles. The number of nitrogens with zero attached hydrogens (tertiary/aromatic N) is 2. The van der Waals surface area contributed by atoms with Crippen LogP contribution in [0.4, 0.5) is 5.13 Å². The Morgan fingerprint density at radius 3 is 3.22 bits per heavy atom. The zero-order chi connectivity index (χ0) is 12.8. The zero-order valence-corrected chi connectivity index (χ0v) is 12.0. The highest BCUT2D eigenvalue weighted by molar-refractivity contribution is 8.01. The first kappa shape index (κ1) is 13.8. The quantitative estimate of drug-likeness (QED) is 0.643. The van der Waals surface area contributed by atoms with Gasteiger partial charge in [0.2, 0.25) is 11.0 Å². The van der Waals surface area contributed by atoms with Gasteiger partial charge in [-0.25, -0.2) is 0 Å². The minimum Gasteiger partial charge on any atom is -0.378 e. The molecule has 0 radical (unpaired) electrons. The summed E-state index contributed by atoms with van der Waals surface area (Å²) in [6.45, 7) is 2.90. The Bertz CT molecular complexity index is 391. The van der Waals surface area contributed by atoms with E-state index in [2.05, 4.69) is 22.4 Å². The summed E-state index contributed by atoms with van der Waals surface area (Å²) < 4.78 is 6.38. The average molecular weight is 287 g/mol. The maximum absolute atomic E-state index is 11.7. The lowest BCUT2D eigenvalue weighted by Crippen LogP contribution is -2.15. The highest BCUT2D eigenvalue weighted by Crippen LogP contribution is 2.25. The lowest BCUT2D eigenvalue weighted by molar-refractivity contribution is -0.116. The van der Waals surface area contributed by atoms with Crippen LogP contribution in [0.1, 0.15) is 32.6 Å². The summed E-state index contributed by atoms with van der Waals surface area (Å²) in [6, 6.07) is 0. The monoisotopic (exact) mass is 287 g/mol. The number of carbonyl (C=O) groups excluding carboxylic acids is 1. The minimum absolute atomic E-state index is 0.00491. The molecule has 18 heavy (non-hydrogen) atoms. The van der Waals surface area contributed by atoms with Crippen LogP contribution < -0.4 is 5.32 Å². The molecular weight excluding hydrogens is 270 g/mol. The number of amides is 1. The summed E-state index contributed by atoms with van der Waals surface area (Å²) in [7, 11) is 0. The maximum atomic E-state index is 11.7. The number of hydrogen-bond acceptors (Lipinski definition) is 6. The number of rotatable bonds is 6. The van der Waals surface area contributed by atoms with Crippen LogP contribution in [-0.4, -0.2) is 34.6 Å². The van der Waals surface area contributed by atoms with Crippen molar-refractivity contribution in [2.24, 2.45) is 0 Å². The Morgan fingerprint density at radius 1 is 1.61 bits per heavy atom. The minimum atomic E-state index is -0.00491. The third-order valence-electron chi connectivity index (χ3n) is 2.64. The van der Waals surface area contributed by atoms with Gasteiger partial charge >= 0.3 is 0 Å². The summed E-state index contributed by atoms with van der Waals surface area (Å²) in [5, 5.41) is 11.3. The average Bonchev–Trinajstić information content (AvgIpc) is 2.99. The van der Waals surface area contributed by atoms with Gasteiger partial charge < -0.3 is 10.1 Å². The zero-order valence-electron chi connectivity index (χ0n) is 10.3. The van der Waals surface area contributed by atoms with Gasteiger partial charge in [-0.3, -0.25) is 4.79 Å². The molecule has 1 atom stereocenters. The van der Waals surface area contributed by atoms with Crippen LogP contribution in [0.3, 0.4) is 0 Å². The molecule has 0 aliphatic carbocycles. The number of carbonyl (C=O) groups is 1. The third-order valence-corrected chi connectivity index (χ3v) is 4.49. The van der Waals surface area contributed by atoms with E-state index < -0.39 is 0 Å². The van der Waals surface area contributed by atoms with E-state index in [4.69, 9.17) is 4.74 Å². The van der Waals surface area contributed by atoms with Crippen molar-refractivity contribution in [2.75, 3.05) is 17.7 Å². The molecule has 1 aliphatic heterocycles. The number of ether oxygens (including phenoxy) is 1. The second-order valence-corrected chi connectivity index (χ2v) is 6.52. The van der Waals surface area contributed by atoms with Crippen molar-refractivity contribution < 1.29 is 9.53 Å². The number of aromatic nitrogens is 2. The molecule has 1 amide bonds. The fourth-order valence-corrected chi connectivity index (χ4v) is 3.45. The summed E-state index contributed by atoms with van der Waals surface area (Å²) in [5.41, 5.74) is 0. The molecule has 0 saturated carbocycles. The van der Waals surface area contributed by atoms with E-state index in [1.807, 2.05) is 0 Å². The largest absolute Gasteiger partial charge is 0.378 e. The van der Waals surface area contributed by atoms with E-state index in [0.29, 0.717) is 11.6 Å². The van der Waals surface area contributed by atoms with Crippen molar-refractivity contribution in [3.63, 3.8) is 0 Å². The third kappa shape index (κ3) is 4.22. The Morgan fingerprint density at radius 2 is 2.50 bits per heavy atom. The molecule has 0 spiro atoms. The van der Waals surface area contributed by atoms with Crippen LogP contribution in [0.15, 0.2) is 4.34 Å². The predicted molar refractivity (Wildman–Crippen MR) is 73.1 cm³/mol. The van der Waals surface area contributed by atoms with E-state index >= 15 is 0 Å². The molecule has 5 nitrogen and oxygen atoms in total. The molecule has 1 fully saturated rings. The normalized spacial score (nSPS) is 19.1. The standard InChI is InChI=1S/C11H17N3O2S2/c1-2-17-11-14-13-10(18-11)12-9(15)6-5-8-4-3-7-16-8/h8H,2-7H2,1H3,(H,12,13,15)/t8-/m1/s1. The van der Waals surface area contributed by atoms with Gasteiger partial charge in [0.1, 0.15) is 0 Å². The fraction of sp³-hybridized carbons (Fsp3) is 0.727. The number of hydrogen-bond donors (Lipinski definition) is 1. The second kappa shape index (κ2) is 7.06. The fourth-order valence-electron chi connectivity index (χ4n) is 1.79. The molecule has 1 N–H and O–H groups in total. The molecule has 1 aliphatic rings. The maximum Gasteiger partial charge on any atom is 0.226 e. The number of thioether (sulfide) groups is 1. The van der Waals surface area contributed by atoms with E-state index in [0.717, 1.165) is 36.0 Å².